The van der Waals surface area contributed by atoms with Crippen LogP contribution in [0.1, 0.15) is 12.2 Å². The predicted octanol–water partition coefficient (Wildman–Crippen LogP) is 0.929. The molecule has 122 valence electrons. The summed E-state index contributed by atoms with van der Waals surface area (Å²) in [6.45, 7) is 3.83. The van der Waals surface area contributed by atoms with Gasteiger partial charge in [-0.15, -0.1) is 0 Å². The normalized spacial score (nSPS) is 22.8. The standard InChI is InChI=1S/C16H18N8/c1-10-17-4-3-13(21-10)23-6-11-5-12(7-23)24(11)16-14-15(18-8-19-16)22(2)9-20-14/h3-4,8-9,11-12H,5-7H2,1-2H3. The highest BCUT2D eigenvalue weighted by Gasteiger charge is 2.46. The summed E-state index contributed by atoms with van der Waals surface area (Å²) in [5.74, 6) is 2.79. The lowest BCUT2D eigenvalue weighted by Crippen LogP contribution is -2.69. The van der Waals surface area contributed by atoms with Crippen LogP contribution in [-0.2, 0) is 7.05 Å². The van der Waals surface area contributed by atoms with Crippen LogP contribution in [0.2, 0.25) is 0 Å². The summed E-state index contributed by atoms with van der Waals surface area (Å²) in [5, 5.41) is 0. The second-order valence-corrected chi connectivity index (χ2v) is 6.54. The highest BCUT2D eigenvalue weighted by molar-refractivity contribution is 5.84. The molecule has 2 bridgehead atoms. The van der Waals surface area contributed by atoms with Gasteiger partial charge in [0.2, 0.25) is 0 Å². The zero-order chi connectivity index (χ0) is 16.3. The van der Waals surface area contributed by atoms with E-state index < -0.39 is 0 Å². The van der Waals surface area contributed by atoms with E-state index in [1.807, 2.05) is 30.8 Å². The van der Waals surface area contributed by atoms with E-state index >= 15 is 0 Å². The highest BCUT2D eigenvalue weighted by atomic mass is 15.4. The van der Waals surface area contributed by atoms with Crippen molar-refractivity contribution in [2.45, 2.75) is 25.4 Å². The number of piperazine rings is 1. The van der Waals surface area contributed by atoms with E-state index in [4.69, 9.17) is 0 Å². The monoisotopic (exact) mass is 322 g/mol. The molecule has 0 saturated carbocycles. The largest absolute Gasteiger partial charge is 0.352 e. The molecule has 0 spiro atoms. The van der Waals surface area contributed by atoms with Gasteiger partial charge in [0.15, 0.2) is 17.0 Å². The van der Waals surface area contributed by atoms with Gasteiger partial charge < -0.3 is 14.4 Å². The van der Waals surface area contributed by atoms with Crippen molar-refractivity contribution >= 4 is 22.8 Å². The van der Waals surface area contributed by atoms with Gasteiger partial charge in [-0.3, -0.25) is 0 Å². The van der Waals surface area contributed by atoms with Crippen LogP contribution >= 0.6 is 0 Å². The van der Waals surface area contributed by atoms with Crippen LogP contribution in [0.5, 0.6) is 0 Å². The Morgan fingerprint density at radius 2 is 1.92 bits per heavy atom. The molecular weight excluding hydrogens is 304 g/mol. The quantitative estimate of drug-likeness (QED) is 0.694. The second kappa shape index (κ2) is 4.86. The Kier molecular flexibility index (Phi) is 2.76. The number of nitrogens with zero attached hydrogens (tertiary/aromatic N) is 8. The molecule has 0 radical (unpaired) electrons. The van der Waals surface area contributed by atoms with E-state index in [9.17, 15) is 0 Å². The second-order valence-electron chi connectivity index (χ2n) is 6.54. The summed E-state index contributed by atoms with van der Waals surface area (Å²) in [6.07, 6.45) is 6.46. The highest BCUT2D eigenvalue weighted by Crippen LogP contribution is 2.39. The number of fused-ring (bicyclic) bond motifs is 3. The van der Waals surface area contributed by atoms with Gasteiger partial charge in [-0.1, -0.05) is 0 Å². The third-order valence-corrected chi connectivity index (χ3v) is 5.00. The smallest absolute Gasteiger partial charge is 0.165 e. The number of rotatable bonds is 2. The van der Waals surface area contributed by atoms with Gasteiger partial charge in [0, 0.05) is 26.3 Å². The molecule has 0 aromatic carbocycles. The SMILES string of the molecule is Cc1nccc(N2CC3CC(C2)N3c2ncnc3c2ncn3C)n1. The van der Waals surface area contributed by atoms with Crippen molar-refractivity contribution in [3.63, 3.8) is 0 Å². The lowest BCUT2D eigenvalue weighted by atomic mass is 9.87. The minimum Gasteiger partial charge on any atom is -0.352 e. The van der Waals surface area contributed by atoms with Gasteiger partial charge in [-0.25, -0.2) is 24.9 Å². The average molecular weight is 322 g/mol. The number of hydrogen-bond acceptors (Lipinski definition) is 7. The molecule has 3 aromatic rings. The first-order chi connectivity index (χ1) is 11.7. The molecule has 3 aromatic heterocycles. The predicted molar refractivity (Wildman–Crippen MR) is 90.0 cm³/mol. The molecule has 8 nitrogen and oxygen atoms in total. The van der Waals surface area contributed by atoms with Crippen molar-refractivity contribution in [1.82, 2.24) is 29.5 Å². The Balaban J connectivity index is 1.45. The number of aromatic nitrogens is 6. The molecule has 3 aliphatic rings. The Bertz CT molecular complexity index is 907. The Labute approximate surface area is 139 Å². The van der Waals surface area contributed by atoms with Crippen LogP contribution in [0, 0.1) is 6.92 Å². The fourth-order valence-corrected chi connectivity index (χ4v) is 3.88. The molecular formula is C16H18N8. The number of aryl methyl sites for hydroxylation is 2. The van der Waals surface area contributed by atoms with Crippen molar-refractivity contribution in [2.24, 2.45) is 7.05 Å². The molecule has 8 heteroatoms. The Morgan fingerprint density at radius 1 is 1.08 bits per heavy atom. The first-order valence-electron chi connectivity index (χ1n) is 8.15. The summed E-state index contributed by atoms with van der Waals surface area (Å²) in [5.41, 5.74) is 1.77. The summed E-state index contributed by atoms with van der Waals surface area (Å²) in [7, 11) is 1.96. The zero-order valence-electron chi connectivity index (χ0n) is 13.7. The van der Waals surface area contributed by atoms with Crippen molar-refractivity contribution in [1.29, 1.82) is 0 Å². The van der Waals surface area contributed by atoms with Gasteiger partial charge in [-0.2, -0.15) is 0 Å². The maximum Gasteiger partial charge on any atom is 0.165 e. The molecule has 0 amide bonds. The molecule has 0 aliphatic carbocycles. The zero-order valence-corrected chi connectivity index (χ0v) is 13.7. The van der Waals surface area contributed by atoms with E-state index in [1.165, 1.54) is 6.42 Å². The summed E-state index contributed by atoms with van der Waals surface area (Å²) in [6, 6.07) is 2.88. The van der Waals surface area contributed by atoms with Gasteiger partial charge >= 0.3 is 0 Å². The van der Waals surface area contributed by atoms with Gasteiger partial charge in [0.1, 0.15) is 18.0 Å². The number of anilines is 2. The van der Waals surface area contributed by atoms with Crippen molar-refractivity contribution in [3.05, 3.63) is 30.7 Å². The molecule has 3 aliphatic heterocycles. The van der Waals surface area contributed by atoms with Crippen molar-refractivity contribution in [2.75, 3.05) is 22.9 Å². The maximum absolute atomic E-state index is 4.56. The van der Waals surface area contributed by atoms with E-state index in [0.29, 0.717) is 12.1 Å². The lowest BCUT2D eigenvalue weighted by Gasteiger charge is -2.57. The molecule has 0 N–H and O–H groups in total. The van der Waals surface area contributed by atoms with Crippen molar-refractivity contribution < 1.29 is 0 Å². The van der Waals surface area contributed by atoms with Crippen LogP contribution in [0.3, 0.4) is 0 Å². The minimum absolute atomic E-state index is 0.444. The third-order valence-electron chi connectivity index (χ3n) is 5.00. The van der Waals surface area contributed by atoms with Crippen LogP contribution in [0.25, 0.3) is 11.2 Å². The lowest BCUT2D eigenvalue weighted by molar-refractivity contribution is 0.288. The van der Waals surface area contributed by atoms with Crippen molar-refractivity contribution in [3.8, 4) is 0 Å². The first-order valence-corrected chi connectivity index (χ1v) is 8.15. The van der Waals surface area contributed by atoms with E-state index in [-0.39, 0.29) is 0 Å². The van der Waals surface area contributed by atoms with Crippen LogP contribution in [0.15, 0.2) is 24.9 Å². The Morgan fingerprint density at radius 3 is 2.71 bits per heavy atom. The fourth-order valence-electron chi connectivity index (χ4n) is 3.88. The molecule has 24 heavy (non-hydrogen) atoms. The topological polar surface area (TPSA) is 75.9 Å². The molecule has 2 unspecified atom stereocenters. The molecule has 6 heterocycles. The summed E-state index contributed by atoms with van der Waals surface area (Å²) < 4.78 is 1.94. The molecule has 2 atom stereocenters. The van der Waals surface area contributed by atoms with Gasteiger partial charge in [-0.05, 0) is 19.4 Å². The third kappa shape index (κ3) is 1.88. The van der Waals surface area contributed by atoms with E-state index in [1.54, 1.807) is 12.7 Å². The van der Waals surface area contributed by atoms with Gasteiger partial charge in [0.05, 0.1) is 18.4 Å². The summed E-state index contributed by atoms with van der Waals surface area (Å²) >= 11 is 0. The molecule has 3 saturated heterocycles. The number of piperidine rings is 1. The average Bonchev–Trinajstić information content (AvgIpc) is 2.97. The Hall–Kier alpha value is -2.77. The maximum atomic E-state index is 4.56. The van der Waals surface area contributed by atoms with Crippen LogP contribution in [-0.4, -0.2) is 54.7 Å². The molecule has 3 fully saturated rings. The van der Waals surface area contributed by atoms with Crippen LogP contribution < -0.4 is 9.80 Å². The number of imidazole rings is 1. The van der Waals surface area contributed by atoms with E-state index in [0.717, 1.165) is 41.7 Å². The number of hydrogen-bond donors (Lipinski definition) is 0. The first kappa shape index (κ1) is 13.6. The summed E-state index contributed by atoms with van der Waals surface area (Å²) in [4.78, 5) is 26.9. The minimum atomic E-state index is 0.444. The van der Waals surface area contributed by atoms with Crippen LogP contribution in [0.4, 0.5) is 11.6 Å². The fraction of sp³-hybridized carbons (Fsp3) is 0.438. The molecule has 6 rings (SSSR count). The van der Waals surface area contributed by atoms with E-state index in [2.05, 4.69) is 34.7 Å². The van der Waals surface area contributed by atoms with Gasteiger partial charge in [0.25, 0.3) is 0 Å².